The second-order valence-corrected chi connectivity index (χ2v) is 9.89. The molecule has 0 saturated carbocycles. The summed E-state index contributed by atoms with van der Waals surface area (Å²) in [4.78, 5) is 0. The minimum absolute atomic E-state index is 0.100. The van der Waals surface area contributed by atoms with Crippen LogP contribution in [0, 0.1) is 16.2 Å². The van der Waals surface area contributed by atoms with Crippen LogP contribution in [0.5, 0.6) is 0 Å². The van der Waals surface area contributed by atoms with E-state index in [4.69, 9.17) is 0 Å². The summed E-state index contributed by atoms with van der Waals surface area (Å²) in [6, 6.07) is 8.23. The lowest BCUT2D eigenvalue weighted by Gasteiger charge is -2.44. The normalized spacial score (nSPS) is 15.5. The molecule has 0 fully saturated rings. The van der Waals surface area contributed by atoms with Crippen LogP contribution in [0.15, 0.2) is 24.3 Å². The van der Waals surface area contributed by atoms with Crippen molar-refractivity contribution in [2.75, 3.05) is 0 Å². The number of rotatable bonds is 5. The number of hydrogen-bond acceptors (Lipinski definition) is 0. The van der Waals surface area contributed by atoms with Crippen molar-refractivity contribution >= 4 is 0 Å². The van der Waals surface area contributed by atoms with E-state index in [2.05, 4.69) is 53.7 Å². The Kier molecular flexibility index (Phi) is 5.96. The third kappa shape index (κ3) is 4.58. The lowest BCUT2D eigenvalue weighted by atomic mass is 9.61. The Morgan fingerprint density at radius 3 is 1.88 bits per heavy atom. The van der Waals surface area contributed by atoms with Crippen molar-refractivity contribution in [3.63, 3.8) is 0 Å². The first kappa shape index (κ1) is 21.1. The Balaban J connectivity index is 2.96. The summed E-state index contributed by atoms with van der Waals surface area (Å²) < 4.78 is 28.4. The fourth-order valence-corrected chi connectivity index (χ4v) is 2.76. The van der Waals surface area contributed by atoms with Gasteiger partial charge in [0.25, 0.3) is 5.92 Å². The summed E-state index contributed by atoms with van der Waals surface area (Å²) in [6.07, 6.45) is 0.317. The first-order valence-corrected chi connectivity index (χ1v) is 9.06. The maximum absolute atomic E-state index is 14.2. The second-order valence-electron chi connectivity index (χ2n) is 9.89. The van der Waals surface area contributed by atoms with Crippen LogP contribution >= 0.6 is 0 Å². The highest BCUT2D eigenvalue weighted by molar-refractivity contribution is 5.28. The first-order valence-electron chi connectivity index (χ1n) is 9.06. The fourth-order valence-electron chi connectivity index (χ4n) is 2.76. The number of halogens is 2. The minimum Gasteiger partial charge on any atom is -0.206 e. The molecule has 24 heavy (non-hydrogen) atoms. The highest BCUT2D eigenvalue weighted by atomic mass is 19.3. The largest absolute Gasteiger partial charge is 0.253 e. The van der Waals surface area contributed by atoms with Crippen molar-refractivity contribution in [2.45, 2.75) is 87.0 Å². The van der Waals surface area contributed by atoms with Crippen molar-refractivity contribution < 1.29 is 8.78 Å². The molecule has 1 atom stereocenters. The van der Waals surface area contributed by atoms with Gasteiger partial charge in [-0.3, -0.25) is 0 Å². The average molecular weight is 339 g/mol. The number of benzene rings is 1. The molecule has 0 nitrogen and oxygen atoms in total. The van der Waals surface area contributed by atoms with Gasteiger partial charge in [-0.25, -0.2) is 8.78 Å². The molecule has 1 aromatic rings. The summed E-state index contributed by atoms with van der Waals surface area (Å²) >= 11 is 0. The molecule has 0 bridgehead atoms. The maximum atomic E-state index is 14.2. The van der Waals surface area contributed by atoms with E-state index in [-0.39, 0.29) is 17.3 Å². The van der Waals surface area contributed by atoms with Crippen LogP contribution in [-0.2, 0) is 6.42 Å². The van der Waals surface area contributed by atoms with Crippen LogP contribution < -0.4 is 0 Å². The molecule has 0 spiro atoms. The zero-order valence-electron chi connectivity index (χ0n) is 17.1. The molecule has 0 amide bonds. The Morgan fingerprint density at radius 2 is 1.42 bits per heavy atom. The topological polar surface area (TPSA) is 0 Å². The van der Waals surface area contributed by atoms with Gasteiger partial charge in [-0.15, -0.1) is 0 Å². The number of hydrogen-bond donors (Lipinski definition) is 0. The second kappa shape index (κ2) is 6.77. The molecule has 1 aromatic carbocycles. The van der Waals surface area contributed by atoms with Gasteiger partial charge < -0.3 is 0 Å². The third-order valence-electron chi connectivity index (χ3n) is 6.29. The zero-order chi connectivity index (χ0) is 19.0. The average Bonchev–Trinajstić information content (AvgIpc) is 2.42. The maximum Gasteiger partial charge on any atom is 0.253 e. The van der Waals surface area contributed by atoms with E-state index in [9.17, 15) is 8.78 Å². The predicted molar refractivity (Wildman–Crippen MR) is 101 cm³/mol. The van der Waals surface area contributed by atoms with E-state index in [1.54, 1.807) is 20.8 Å². The first-order chi connectivity index (χ1) is 10.6. The van der Waals surface area contributed by atoms with Crippen LogP contribution in [0.25, 0.3) is 0 Å². The van der Waals surface area contributed by atoms with Crippen LogP contribution in [0.4, 0.5) is 8.78 Å². The predicted octanol–water partition coefficient (Wildman–Crippen LogP) is 7.48. The van der Waals surface area contributed by atoms with E-state index in [1.807, 2.05) is 12.1 Å². The highest BCUT2D eigenvalue weighted by Gasteiger charge is 2.42. The van der Waals surface area contributed by atoms with E-state index in [0.717, 1.165) is 5.56 Å². The Labute approximate surface area is 148 Å². The summed E-state index contributed by atoms with van der Waals surface area (Å²) in [5, 5.41) is 0. The highest BCUT2D eigenvalue weighted by Crippen LogP contribution is 2.48. The van der Waals surface area contributed by atoms with Crippen molar-refractivity contribution in [1.29, 1.82) is 0 Å². The van der Waals surface area contributed by atoms with Gasteiger partial charge >= 0.3 is 0 Å². The zero-order valence-corrected chi connectivity index (χ0v) is 17.1. The molecule has 0 radical (unpaired) electrons. The van der Waals surface area contributed by atoms with Gasteiger partial charge in [0.15, 0.2) is 0 Å². The van der Waals surface area contributed by atoms with Gasteiger partial charge in [-0.1, -0.05) is 86.6 Å². The van der Waals surface area contributed by atoms with Gasteiger partial charge in [-0.2, -0.15) is 0 Å². The van der Waals surface area contributed by atoms with Gasteiger partial charge in [0.2, 0.25) is 0 Å². The fraction of sp³-hybridized carbons (Fsp3) is 0.727. The molecule has 1 rings (SSSR count). The summed E-state index contributed by atoms with van der Waals surface area (Å²) in [6.45, 7) is 18.4. The number of aryl methyl sites for hydroxylation is 1. The van der Waals surface area contributed by atoms with Crippen LogP contribution in [-0.4, -0.2) is 5.92 Å². The van der Waals surface area contributed by atoms with Gasteiger partial charge in [0.1, 0.15) is 0 Å². The van der Waals surface area contributed by atoms with Crippen molar-refractivity contribution in [1.82, 2.24) is 0 Å². The van der Waals surface area contributed by atoms with Crippen molar-refractivity contribution in [3.05, 3.63) is 35.4 Å². The molecule has 0 aliphatic rings. The van der Waals surface area contributed by atoms with E-state index < -0.39 is 11.3 Å². The molecular weight excluding hydrogens is 302 g/mol. The van der Waals surface area contributed by atoms with Crippen molar-refractivity contribution in [2.24, 2.45) is 16.2 Å². The molecule has 0 heterocycles. The molecule has 138 valence electrons. The van der Waals surface area contributed by atoms with Crippen LogP contribution in [0.1, 0.15) is 85.8 Å². The number of alkyl halides is 2. The van der Waals surface area contributed by atoms with E-state index >= 15 is 0 Å². The molecule has 0 aromatic heterocycles. The standard InChI is InChI=1S/C22H36F2/c1-16(21(8,9)19(2,3)4)18-12-10-11-17(15-18)13-14-22(23,24)20(5,6)7/h10-12,15-16H,13-14H2,1-9H3. The molecular formula is C22H36F2. The minimum atomic E-state index is -2.65. The van der Waals surface area contributed by atoms with Gasteiger partial charge in [0.05, 0.1) is 0 Å². The monoisotopic (exact) mass is 338 g/mol. The van der Waals surface area contributed by atoms with Crippen molar-refractivity contribution in [3.8, 4) is 0 Å². The third-order valence-corrected chi connectivity index (χ3v) is 6.29. The molecule has 1 unspecified atom stereocenters. The van der Waals surface area contributed by atoms with Gasteiger partial charge in [-0.05, 0) is 34.3 Å². The molecule has 0 aliphatic carbocycles. The molecule has 0 aliphatic heterocycles. The SMILES string of the molecule is CC(c1cccc(CCC(F)(F)C(C)(C)C)c1)C(C)(C)C(C)(C)C. The van der Waals surface area contributed by atoms with Crippen LogP contribution in [0.3, 0.4) is 0 Å². The lowest BCUT2D eigenvalue weighted by molar-refractivity contribution is -0.102. The smallest absolute Gasteiger partial charge is 0.206 e. The van der Waals surface area contributed by atoms with E-state index in [1.165, 1.54) is 5.56 Å². The summed E-state index contributed by atoms with van der Waals surface area (Å²) in [5.41, 5.74) is 1.54. The van der Waals surface area contributed by atoms with Gasteiger partial charge in [0, 0.05) is 11.8 Å². The Bertz CT molecular complexity index is 542. The lowest BCUT2D eigenvalue weighted by Crippen LogP contribution is -2.35. The molecule has 0 saturated heterocycles. The molecule has 2 heteroatoms. The van der Waals surface area contributed by atoms with Crippen LogP contribution in [0.2, 0.25) is 0 Å². The quantitative estimate of drug-likeness (QED) is 0.522. The Morgan fingerprint density at radius 1 is 0.875 bits per heavy atom. The Hall–Kier alpha value is -0.920. The van der Waals surface area contributed by atoms with E-state index in [0.29, 0.717) is 12.3 Å². The summed E-state index contributed by atoms with van der Waals surface area (Å²) in [5.74, 6) is -2.29. The summed E-state index contributed by atoms with van der Waals surface area (Å²) in [7, 11) is 0. The molecule has 0 N–H and O–H groups in total.